The number of hydrogen-bond donors (Lipinski definition) is 0. The van der Waals surface area contributed by atoms with Gasteiger partial charge in [-0.25, -0.2) is 9.97 Å². The molecule has 150 valence electrons. The van der Waals surface area contributed by atoms with Crippen LogP contribution in [0, 0.1) is 0 Å². The average Bonchev–Trinajstić information content (AvgIpc) is 2.74. The Morgan fingerprint density at radius 1 is 1.00 bits per heavy atom. The van der Waals surface area contributed by atoms with Crippen LogP contribution in [0.1, 0.15) is 28.6 Å². The van der Waals surface area contributed by atoms with E-state index in [2.05, 4.69) is 15.0 Å². The number of alkyl halides is 3. The van der Waals surface area contributed by atoms with Crippen molar-refractivity contribution < 1.29 is 17.9 Å². The highest BCUT2D eigenvalue weighted by Gasteiger charge is 2.33. The van der Waals surface area contributed by atoms with Crippen molar-refractivity contribution in [3.8, 4) is 0 Å². The molecule has 3 aromatic rings. The van der Waals surface area contributed by atoms with E-state index >= 15 is 0 Å². The van der Waals surface area contributed by atoms with E-state index in [9.17, 15) is 13.2 Å². The van der Waals surface area contributed by atoms with Gasteiger partial charge in [-0.2, -0.15) is 13.2 Å². The third-order valence-corrected chi connectivity index (χ3v) is 4.75. The van der Waals surface area contributed by atoms with Crippen molar-refractivity contribution in [2.75, 3.05) is 24.6 Å². The monoisotopic (exact) mass is 400 g/mol. The summed E-state index contributed by atoms with van der Waals surface area (Å²) in [5, 5.41) is 0. The van der Waals surface area contributed by atoms with Crippen LogP contribution in [-0.4, -0.2) is 34.6 Å². The molecule has 1 aliphatic heterocycles. The number of pyridine rings is 1. The largest absolute Gasteiger partial charge is 0.416 e. The zero-order valence-electron chi connectivity index (χ0n) is 15.5. The lowest BCUT2D eigenvalue weighted by Gasteiger charge is -2.32. The molecule has 1 unspecified atom stereocenters. The van der Waals surface area contributed by atoms with E-state index < -0.39 is 11.7 Å². The standard InChI is InChI=1S/C21H19F3N4O/c22-21(23,24)17-7-2-1-5-15(17)13-16-6-3-8-18(27-16)19-14-28(11-12-29-19)20-25-9-4-10-26-20/h1-10,19H,11-14H2. The van der Waals surface area contributed by atoms with E-state index in [0.29, 0.717) is 37.0 Å². The molecule has 0 N–H and O–H groups in total. The average molecular weight is 400 g/mol. The first-order valence-electron chi connectivity index (χ1n) is 9.25. The molecule has 8 heteroatoms. The molecule has 2 aromatic heterocycles. The third kappa shape index (κ3) is 4.54. The van der Waals surface area contributed by atoms with Gasteiger partial charge in [-0.15, -0.1) is 0 Å². The summed E-state index contributed by atoms with van der Waals surface area (Å²) in [6, 6.07) is 12.7. The molecule has 5 nitrogen and oxygen atoms in total. The van der Waals surface area contributed by atoms with E-state index in [1.165, 1.54) is 12.1 Å². The van der Waals surface area contributed by atoms with E-state index in [1.807, 2.05) is 11.0 Å². The van der Waals surface area contributed by atoms with Crippen molar-refractivity contribution in [3.05, 3.63) is 83.4 Å². The number of halogens is 3. The van der Waals surface area contributed by atoms with Crippen LogP contribution in [-0.2, 0) is 17.3 Å². The van der Waals surface area contributed by atoms with Gasteiger partial charge in [-0.3, -0.25) is 4.98 Å². The minimum absolute atomic E-state index is 0.0990. The predicted molar refractivity (Wildman–Crippen MR) is 101 cm³/mol. The molecule has 0 amide bonds. The molecule has 1 aliphatic rings. The predicted octanol–water partition coefficient (Wildman–Crippen LogP) is 4.06. The fraction of sp³-hybridized carbons (Fsp3) is 0.286. The number of aromatic nitrogens is 3. The number of anilines is 1. The molecule has 29 heavy (non-hydrogen) atoms. The van der Waals surface area contributed by atoms with Crippen LogP contribution in [0.2, 0.25) is 0 Å². The highest BCUT2D eigenvalue weighted by atomic mass is 19.4. The van der Waals surface area contributed by atoms with Crippen LogP contribution >= 0.6 is 0 Å². The second kappa shape index (κ2) is 8.16. The van der Waals surface area contributed by atoms with Gasteiger partial charge in [-0.1, -0.05) is 24.3 Å². The second-order valence-electron chi connectivity index (χ2n) is 6.74. The van der Waals surface area contributed by atoms with Crippen LogP contribution in [0.5, 0.6) is 0 Å². The summed E-state index contributed by atoms with van der Waals surface area (Å²) < 4.78 is 45.7. The van der Waals surface area contributed by atoms with Gasteiger partial charge in [0.1, 0.15) is 6.10 Å². The molecule has 0 bridgehead atoms. The van der Waals surface area contributed by atoms with E-state index in [4.69, 9.17) is 4.74 Å². The molecule has 1 atom stereocenters. The van der Waals surface area contributed by atoms with Gasteiger partial charge in [0, 0.05) is 31.1 Å². The van der Waals surface area contributed by atoms with Gasteiger partial charge in [-0.05, 0) is 29.8 Å². The van der Waals surface area contributed by atoms with Crippen LogP contribution < -0.4 is 4.90 Å². The van der Waals surface area contributed by atoms with Gasteiger partial charge in [0.25, 0.3) is 0 Å². The SMILES string of the molecule is FC(F)(F)c1ccccc1Cc1cccc(C2CN(c3ncccn3)CCO2)n1. The van der Waals surface area contributed by atoms with Crippen molar-refractivity contribution in [2.24, 2.45) is 0 Å². The molecule has 1 aromatic carbocycles. The first-order chi connectivity index (χ1) is 14.0. The number of morpholine rings is 1. The molecular weight excluding hydrogens is 381 g/mol. The molecule has 4 rings (SSSR count). The Labute approximate surface area is 166 Å². The maximum absolute atomic E-state index is 13.3. The van der Waals surface area contributed by atoms with Crippen LogP contribution in [0.3, 0.4) is 0 Å². The summed E-state index contributed by atoms with van der Waals surface area (Å²) in [5.74, 6) is 0.621. The zero-order valence-corrected chi connectivity index (χ0v) is 15.5. The topological polar surface area (TPSA) is 51.1 Å². The van der Waals surface area contributed by atoms with Crippen LogP contribution in [0.4, 0.5) is 19.1 Å². The van der Waals surface area contributed by atoms with Crippen LogP contribution in [0.15, 0.2) is 60.9 Å². The normalized spacial score (nSPS) is 17.3. The smallest absolute Gasteiger partial charge is 0.368 e. The summed E-state index contributed by atoms with van der Waals surface area (Å²) in [6.45, 7) is 1.69. The minimum Gasteiger partial charge on any atom is -0.368 e. The minimum atomic E-state index is -4.39. The summed E-state index contributed by atoms with van der Waals surface area (Å²) in [4.78, 5) is 15.1. The summed E-state index contributed by atoms with van der Waals surface area (Å²) in [7, 11) is 0. The number of nitrogens with zero attached hydrogens (tertiary/aromatic N) is 4. The molecule has 0 aliphatic carbocycles. The highest BCUT2D eigenvalue weighted by molar-refractivity contribution is 5.34. The third-order valence-electron chi connectivity index (χ3n) is 4.75. The van der Waals surface area contributed by atoms with Crippen molar-refractivity contribution >= 4 is 5.95 Å². The number of benzene rings is 1. The van der Waals surface area contributed by atoms with Gasteiger partial charge >= 0.3 is 6.18 Å². The Bertz CT molecular complexity index is 965. The number of ether oxygens (including phenoxy) is 1. The lowest BCUT2D eigenvalue weighted by atomic mass is 10.0. The lowest BCUT2D eigenvalue weighted by molar-refractivity contribution is -0.138. The molecule has 0 radical (unpaired) electrons. The molecule has 0 spiro atoms. The maximum Gasteiger partial charge on any atom is 0.416 e. The van der Waals surface area contributed by atoms with Gasteiger partial charge in [0.2, 0.25) is 5.95 Å². The summed E-state index contributed by atoms with van der Waals surface area (Å²) >= 11 is 0. The fourth-order valence-corrected chi connectivity index (χ4v) is 3.39. The van der Waals surface area contributed by atoms with E-state index in [0.717, 1.165) is 6.07 Å². The van der Waals surface area contributed by atoms with Gasteiger partial charge < -0.3 is 9.64 Å². The number of rotatable bonds is 4. The highest BCUT2D eigenvalue weighted by Crippen LogP contribution is 2.33. The second-order valence-corrected chi connectivity index (χ2v) is 6.74. The van der Waals surface area contributed by atoms with Gasteiger partial charge in [0.05, 0.1) is 24.4 Å². The Morgan fingerprint density at radius 3 is 2.59 bits per heavy atom. The van der Waals surface area contributed by atoms with Gasteiger partial charge in [0.15, 0.2) is 0 Å². The Morgan fingerprint density at radius 2 is 1.79 bits per heavy atom. The summed E-state index contributed by atoms with van der Waals surface area (Å²) in [6.07, 6.45) is -1.23. The maximum atomic E-state index is 13.3. The first-order valence-corrected chi connectivity index (χ1v) is 9.25. The first kappa shape index (κ1) is 19.3. The molecule has 0 saturated carbocycles. The zero-order chi connectivity index (χ0) is 20.3. The van der Waals surface area contributed by atoms with Crippen molar-refractivity contribution in [1.82, 2.24) is 15.0 Å². The van der Waals surface area contributed by atoms with Crippen molar-refractivity contribution in [1.29, 1.82) is 0 Å². The Balaban J connectivity index is 1.54. The van der Waals surface area contributed by atoms with E-state index in [-0.39, 0.29) is 18.1 Å². The molecule has 1 saturated heterocycles. The summed E-state index contributed by atoms with van der Waals surface area (Å²) in [5.41, 5.74) is 0.825. The van der Waals surface area contributed by atoms with Crippen molar-refractivity contribution in [3.63, 3.8) is 0 Å². The Hall–Kier alpha value is -3.00. The van der Waals surface area contributed by atoms with Crippen molar-refractivity contribution in [2.45, 2.75) is 18.7 Å². The molecular formula is C21H19F3N4O. The lowest BCUT2D eigenvalue weighted by Crippen LogP contribution is -2.39. The molecule has 1 fully saturated rings. The van der Waals surface area contributed by atoms with Crippen LogP contribution in [0.25, 0.3) is 0 Å². The Kier molecular flexibility index (Phi) is 5.44. The fourth-order valence-electron chi connectivity index (χ4n) is 3.39. The quantitative estimate of drug-likeness (QED) is 0.661. The van der Waals surface area contributed by atoms with E-state index in [1.54, 1.807) is 36.7 Å². The molecule has 3 heterocycles. The number of hydrogen-bond acceptors (Lipinski definition) is 5.